The Morgan fingerprint density at radius 1 is 1.07 bits per heavy atom. The predicted molar refractivity (Wildman–Crippen MR) is 108 cm³/mol. The molecular formula is C21H25ClN4O2. The van der Waals surface area contributed by atoms with Crippen molar-refractivity contribution in [2.45, 2.75) is 31.7 Å². The Morgan fingerprint density at radius 3 is 2.46 bits per heavy atom. The second kappa shape index (κ2) is 7.48. The summed E-state index contributed by atoms with van der Waals surface area (Å²) >= 11 is 6.19. The summed E-state index contributed by atoms with van der Waals surface area (Å²) in [6.07, 6.45) is 3.88. The number of amides is 1. The molecule has 2 unspecified atom stereocenters. The molecule has 2 aromatic rings. The number of carbonyl (C=O) groups excluding carboxylic acids is 1. The number of rotatable bonds is 3. The van der Waals surface area contributed by atoms with Crippen molar-refractivity contribution in [1.82, 2.24) is 15.1 Å². The Balaban J connectivity index is 1.23. The molecule has 6 nitrogen and oxygen atoms in total. The highest BCUT2D eigenvalue weighted by atomic mass is 35.5. The molecule has 5 rings (SSSR count). The summed E-state index contributed by atoms with van der Waals surface area (Å²) in [5, 5.41) is 14.4. The molecule has 2 aliphatic heterocycles. The molecule has 3 aliphatic rings. The quantitative estimate of drug-likeness (QED) is 0.855. The summed E-state index contributed by atoms with van der Waals surface area (Å²) in [5.41, 5.74) is 0. The van der Waals surface area contributed by atoms with Crippen molar-refractivity contribution < 1.29 is 9.53 Å². The van der Waals surface area contributed by atoms with Gasteiger partial charge >= 0.3 is 0 Å². The zero-order chi connectivity index (χ0) is 19.1. The van der Waals surface area contributed by atoms with E-state index < -0.39 is 0 Å². The lowest BCUT2D eigenvalue weighted by Gasteiger charge is -2.27. The summed E-state index contributed by atoms with van der Waals surface area (Å²) in [5.74, 6) is 2.47. The van der Waals surface area contributed by atoms with Crippen molar-refractivity contribution in [3.8, 4) is 0 Å². The Bertz CT molecular complexity index is 872. The first kappa shape index (κ1) is 18.1. The molecule has 0 radical (unpaired) electrons. The largest absolute Gasteiger partial charge is 0.381 e. The van der Waals surface area contributed by atoms with E-state index in [1.807, 2.05) is 24.3 Å². The van der Waals surface area contributed by atoms with Gasteiger partial charge in [0.2, 0.25) is 5.91 Å². The minimum absolute atomic E-state index is 0.164. The third-order valence-corrected chi connectivity index (χ3v) is 6.90. The molecule has 3 fully saturated rings. The molecule has 3 heterocycles. The first-order valence-corrected chi connectivity index (χ1v) is 10.6. The van der Waals surface area contributed by atoms with Crippen LogP contribution in [0.1, 0.15) is 25.7 Å². The maximum absolute atomic E-state index is 12.8. The number of halogens is 1. The van der Waals surface area contributed by atoms with Crippen molar-refractivity contribution in [2.75, 3.05) is 31.6 Å². The zero-order valence-corrected chi connectivity index (χ0v) is 16.6. The SMILES string of the molecule is O=C(C1CCOCC1)N1CC2CC(Nc3nnc(Cl)c4ccccc34)C[C@@H]2C1. The van der Waals surface area contributed by atoms with Gasteiger partial charge in [0, 0.05) is 49.0 Å². The van der Waals surface area contributed by atoms with Gasteiger partial charge in [0.1, 0.15) is 0 Å². The van der Waals surface area contributed by atoms with Gasteiger partial charge in [-0.25, -0.2) is 0 Å². The zero-order valence-electron chi connectivity index (χ0n) is 15.8. The predicted octanol–water partition coefficient (Wildman–Crippen LogP) is 3.36. The normalized spacial score (nSPS) is 27.9. The summed E-state index contributed by atoms with van der Waals surface area (Å²) in [6.45, 7) is 3.23. The monoisotopic (exact) mass is 400 g/mol. The van der Waals surface area contributed by atoms with Crippen LogP contribution < -0.4 is 5.32 Å². The van der Waals surface area contributed by atoms with Crippen LogP contribution in [0, 0.1) is 17.8 Å². The number of fused-ring (bicyclic) bond motifs is 2. The topological polar surface area (TPSA) is 67.3 Å². The number of anilines is 1. The fraction of sp³-hybridized carbons (Fsp3) is 0.571. The Labute approximate surface area is 169 Å². The number of likely N-dealkylation sites (tertiary alicyclic amines) is 1. The van der Waals surface area contributed by atoms with Gasteiger partial charge in [-0.3, -0.25) is 4.79 Å². The Hall–Kier alpha value is -1.92. The maximum Gasteiger partial charge on any atom is 0.225 e. The van der Waals surface area contributed by atoms with Crippen LogP contribution in [0.3, 0.4) is 0 Å². The molecule has 148 valence electrons. The first-order chi connectivity index (χ1) is 13.7. The molecule has 1 aliphatic carbocycles. The lowest BCUT2D eigenvalue weighted by molar-refractivity contribution is -0.137. The summed E-state index contributed by atoms with van der Waals surface area (Å²) < 4.78 is 5.40. The van der Waals surface area contributed by atoms with Crippen molar-refractivity contribution in [2.24, 2.45) is 17.8 Å². The average Bonchev–Trinajstić information content (AvgIpc) is 3.29. The number of nitrogens with zero attached hydrogens (tertiary/aromatic N) is 3. The maximum atomic E-state index is 12.8. The van der Waals surface area contributed by atoms with E-state index in [2.05, 4.69) is 20.4 Å². The van der Waals surface area contributed by atoms with Crippen LogP contribution in [0.5, 0.6) is 0 Å². The van der Waals surface area contributed by atoms with Gasteiger partial charge in [-0.2, -0.15) is 0 Å². The number of aromatic nitrogens is 2. The van der Waals surface area contributed by atoms with Crippen LogP contribution in [0.4, 0.5) is 5.82 Å². The number of hydrogen-bond donors (Lipinski definition) is 1. The van der Waals surface area contributed by atoms with E-state index in [0.717, 1.165) is 68.6 Å². The van der Waals surface area contributed by atoms with Crippen LogP contribution in [0.15, 0.2) is 24.3 Å². The van der Waals surface area contributed by atoms with E-state index in [-0.39, 0.29) is 5.92 Å². The molecule has 1 aromatic carbocycles. The summed E-state index contributed by atoms with van der Waals surface area (Å²) in [7, 11) is 0. The highest BCUT2D eigenvalue weighted by Gasteiger charge is 2.43. The molecule has 1 amide bonds. The van der Waals surface area contributed by atoms with Crippen LogP contribution in [0.25, 0.3) is 10.8 Å². The fourth-order valence-electron chi connectivity index (χ4n) is 5.17. The number of ether oxygens (including phenoxy) is 1. The van der Waals surface area contributed by atoms with Crippen molar-refractivity contribution >= 4 is 34.1 Å². The molecule has 0 spiro atoms. The van der Waals surface area contributed by atoms with Crippen LogP contribution >= 0.6 is 11.6 Å². The minimum atomic E-state index is 0.164. The van der Waals surface area contributed by atoms with Gasteiger partial charge in [-0.15, -0.1) is 10.2 Å². The van der Waals surface area contributed by atoms with E-state index in [4.69, 9.17) is 16.3 Å². The van der Waals surface area contributed by atoms with Gasteiger partial charge < -0.3 is 15.0 Å². The molecular weight excluding hydrogens is 376 g/mol. The number of nitrogens with one attached hydrogen (secondary N) is 1. The number of hydrogen-bond acceptors (Lipinski definition) is 5. The van der Waals surface area contributed by atoms with Gasteiger partial charge in [-0.1, -0.05) is 35.9 Å². The fourth-order valence-corrected chi connectivity index (χ4v) is 5.37. The van der Waals surface area contributed by atoms with Crippen molar-refractivity contribution in [3.63, 3.8) is 0 Å². The number of benzene rings is 1. The summed E-state index contributed by atoms with van der Waals surface area (Å²) in [6, 6.07) is 8.33. The molecule has 0 bridgehead atoms. The van der Waals surface area contributed by atoms with Gasteiger partial charge in [0.25, 0.3) is 0 Å². The average molecular weight is 401 g/mol. The van der Waals surface area contributed by atoms with E-state index in [1.54, 1.807) is 0 Å². The number of carbonyl (C=O) groups is 1. The third-order valence-electron chi connectivity index (χ3n) is 6.62. The van der Waals surface area contributed by atoms with Gasteiger partial charge in [0.05, 0.1) is 0 Å². The molecule has 2 saturated heterocycles. The minimum Gasteiger partial charge on any atom is -0.381 e. The molecule has 3 atom stereocenters. The van der Waals surface area contributed by atoms with E-state index in [9.17, 15) is 4.79 Å². The highest BCUT2D eigenvalue weighted by molar-refractivity contribution is 6.34. The lowest BCUT2D eigenvalue weighted by atomic mass is 9.98. The molecule has 1 N–H and O–H groups in total. The molecule has 1 aromatic heterocycles. The van der Waals surface area contributed by atoms with Crippen LogP contribution in [-0.2, 0) is 9.53 Å². The molecule has 1 saturated carbocycles. The standard InChI is InChI=1S/C21H25ClN4O2/c22-19-17-3-1-2-4-18(17)20(25-24-19)23-16-9-14-11-26(12-15(14)10-16)21(27)13-5-7-28-8-6-13/h1-4,13-16H,5-12H2,(H,23,25)/t14-,15?,16?/m1/s1. The second-order valence-electron chi connectivity index (χ2n) is 8.35. The Kier molecular flexibility index (Phi) is 4.85. The van der Waals surface area contributed by atoms with Crippen molar-refractivity contribution in [3.05, 3.63) is 29.4 Å². The van der Waals surface area contributed by atoms with Crippen molar-refractivity contribution in [1.29, 1.82) is 0 Å². The highest BCUT2D eigenvalue weighted by Crippen LogP contribution is 2.40. The third kappa shape index (κ3) is 3.33. The second-order valence-corrected chi connectivity index (χ2v) is 8.71. The first-order valence-electron chi connectivity index (χ1n) is 10.2. The van der Waals surface area contributed by atoms with Crippen LogP contribution in [-0.4, -0.2) is 53.3 Å². The van der Waals surface area contributed by atoms with E-state index in [1.165, 1.54) is 0 Å². The Morgan fingerprint density at radius 2 is 1.75 bits per heavy atom. The molecule has 28 heavy (non-hydrogen) atoms. The van der Waals surface area contributed by atoms with Gasteiger partial charge in [-0.05, 0) is 37.5 Å². The lowest BCUT2D eigenvalue weighted by Crippen LogP contribution is -2.38. The van der Waals surface area contributed by atoms with E-state index >= 15 is 0 Å². The summed E-state index contributed by atoms with van der Waals surface area (Å²) in [4.78, 5) is 14.9. The van der Waals surface area contributed by atoms with E-state index in [0.29, 0.717) is 28.9 Å². The molecule has 7 heteroatoms. The smallest absolute Gasteiger partial charge is 0.225 e. The van der Waals surface area contributed by atoms with Crippen LogP contribution in [0.2, 0.25) is 5.15 Å². The van der Waals surface area contributed by atoms with Gasteiger partial charge in [0.15, 0.2) is 11.0 Å².